The van der Waals surface area contributed by atoms with Gasteiger partial charge >= 0.3 is 0 Å². The molecule has 1 aliphatic heterocycles. The SMILES string of the molecule is CC(C)n1ccnc1SNc1cccc2c1CN(C1CC1)C2. The average molecular weight is 314 g/mol. The van der Waals surface area contributed by atoms with Gasteiger partial charge in [-0.3, -0.25) is 4.90 Å². The smallest absolute Gasteiger partial charge is 0.189 e. The first-order chi connectivity index (χ1) is 10.7. The molecule has 2 aromatic rings. The van der Waals surface area contributed by atoms with Crippen LogP contribution >= 0.6 is 11.9 Å². The van der Waals surface area contributed by atoms with Gasteiger partial charge < -0.3 is 9.29 Å². The van der Waals surface area contributed by atoms with Crippen LogP contribution in [0.2, 0.25) is 0 Å². The molecular weight excluding hydrogens is 292 g/mol. The molecule has 1 aliphatic carbocycles. The number of rotatable bonds is 5. The van der Waals surface area contributed by atoms with Crippen molar-refractivity contribution in [3.05, 3.63) is 41.7 Å². The van der Waals surface area contributed by atoms with Crippen molar-refractivity contribution in [2.45, 2.75) is 57.0 Å². The number of benzene rings is 1. The summed E-state index contributed by atoms with van der Waals surface area (Å²) in [4.78, 5) is 7.06. The molecular formula is C17H22N4S. The van der Waals surface area contributed by atoms with Gasteiger partial charge in [-0.2, -0.15) is 0 Å². The first-order valence-electron chi connectivity index (χ1n) is 8.03. The lowest BCUT2D eigenvalue weighted by Crippen LogP contribution is -2.18. The van der Waals surface area contributed by atoms with Gasteiger partial charge in [0.05, 0.1) is 0 Å². The minimum Gasteiger partial charge on any atom is -0.323 e. The predicted octanol–water partition coefficient (Wildman–Crippen LogP) is 4.06. The van der Waals surface area contributed by atoms with E-state index in [9.17, 15) is 0 Å². The van der Waals surface area contributed by atoms with Gasteiger partial charge in [0.2, 0.25) is 0 Å². The Kier molecular flexibility index (Phi) is 3.62. The highest BCUT2D eigenvalue weighted by molar-refractivity contribution is 8.00. The Labute approximate surface area is 136 Å². The highest BCUT2D eigenvalue weighted by atomic mass is 32.2. The molecule has 0 amide bonds. The van der Waals surface area contributed by atoms with Gasteiger partial charge in [0.25, 0.3) is 0 Å². The van der Waals surface area contributed by atoms with Gasteiger partial charge in [-0.05, 0) is 43.9 Å². The van der Waals surface area contributed by atoms with E-state index >= 15 is 0 Å². The van der Waals surface area contributed by atoms with E-state index in [0.29, 0.717) is 6.04 Å². The lowest BCUT2D eigenvalue weighted by Gasteiger charge is -2.14. The quantitative estimate of drug-likeness (QED) is 0.844. The van der Waals surface area contributed by atoms with Gasteiger partial charge in [-0.25, -0.2) is 4.98 Å². The van der Waals surface area contributed by atoms with Crippen LogP contribution < -0.4 is 4.72 Å². The van der Waals surface area contributed by atoms with Crippen molar-refractivity contribution in [2.24, 2.45) is 0 Å². The zero-order valence-electron chi connectivity index (χ0n) is 13.1. The van der Waals surface area contributed by atoms with Crippen molar-refractivity contribution in [3.63, 3.8) is 0 Å². The van der Waals surface area contributed by atoms with Gasteiger partial charge in [0.1, 0.15) is 0 Å². The largest absolute Gasteiger partial charge is 0.323 e. The second kappa shape index (κ2) is 5.63. The molecule has 0 spiro atoms. The van der Waals surface area contributed by atoms with E-state index in [-0.39, 0.29) is 0 Å². The van der Waals surface area contributed by atoms with Crippen LogP contribution in [-0.4, -0.2) is 20.5 Å². The molecule has 116 valence electrons. The number of anilines is 1. The number of nitrogens with one attached hydrogen (secondary N) is 1. The van der Waals surface area contributed by atoms with Crippen LogP contribution in [-0.2, 0) is 13.1 Å². The molecule has 1 fully saturated rings. The lowest BCUT2D eigenvalue weighted by molar-refractivity contribution is 0.273. The maximum absolute atomic E-state index is 4.45. The summed E-state index contributed by atoms with van der Waals surface area (Å²) in [5.41, 5.74) is 4.18. The summed E-state index contributed by atoms with van der Waals surface area (Å²) < 4.78 is 5.72. The number of aromatic nitrogens is 2. The normalized spacial score (nSPS) is 18.0. The second-order valence-corrected chi connectivity index (χ2v) is 7.27. The minimum atomic E-state index is 0.429. The Hall–Kier alpha value is -1.46. The molecule has 4 nitrogen and oxygen atoms in total. The summed E-state index contributed by atoms with van der Waals surface area (Å²) in [5, 5.41) is 1.02. The van der Waals surface area contributed by atoms with Crippen LogP contribution in [0.25, 0.3) is 0 Å². The van der Waals surface area contributed by atoms with Crippen LogP contribution in [0.3, 0.4) is 0 Å². The first-order valence-corrected chi connectivity index (χ1v) is 8.84. The predicted molar refractivity (Wildman–Crippen MR) is 90.8 cm³/mol. The molecule has 22 heavy (non-hydrogen) atoms. The molecule has 0 saturated heterocycles. The third-order valence-corrected chi connectivity index (χ3v) is 5.33. The topological polar surface area (TPSA) is 33.1 Å². The summed E-state index contributed by atoms with van der Waals surface area (Å²) in [5.74, 6) is 0. The molecule has 2 heterocycles. The summed E-state index contributed by atoms with van der Waals surface area (Å²) in [6.45, 7) is 6.56. The molecule has 0 bridgehead atoms. The molecule has 1 aromatic heterocycles. The molecule has 0 unspecified atom stereocenters. The van der Waals surface area contributed by atoms with Crippen molar-refractivity contribution in [1.82, 2.24) is 14.5 Å². The Morgan fingerprint density at radius 2 is 2.14 bits per heavy atom. The van der Waals surface area contributed by atoms with Crippen molar-refractivity contribution in [3.8, 4) is 0 Å². The van der Waals surface area contributed by atoms with Gasteiger partial charge in [-0.15, -0.1) is 0 Å². The van der Waals surface area contributed by atoms with E-state index in [0.717, 1.165) is 24.3 Å². The van der Waals surface area contributed by atoms with Crippen LogP contribution in [0.4, 0.5) is 5.69 Å². The molecule has 5 heteroatoms. The number of imidazole rings is 1. The fourth-order valence-electron chi connectivity index (χ4n) is 3.11. The summed E-state index contributed by atoms with van der Waals surface area (Å²) in [6.07, 6.45) is 6.65. The van der Waals surface area contributed by atoms with Crippen molar-refractivity contribution in [1.29, 1.82) is 0 Å². The molecule has 4 rings (SSSR count). The average Bonchev–Trinajstić information content (AvgIpc) is 3.09. The maximum Gasteiger partial charge on any atom is 0.189 e. The van der Waals surface area contributed by atoms with Gasteiger partial charge in [-0.1, -0.05) is 12.1 Å². The van der Waals surface area contributed by atoms with Gasteiger partial charge in [0, 0.05) is 55.2 Å². The zero-order chi connectivity index (χ0) is 15.1. The van der Waals surface area contributed by atoms with Crippen LogP contribution in [0.15, 0.2) is 35.7 Å². The third kappa shape index (κ3) is 2.63. The second-order valence-electron chi connectivity index (χ2n) is 6.49. The Bertz CT molecular complexity index is 675. The minimum absolute atomic E-state index is 0.429. The third-order valence-electron chi connectivity index (χ3n) is 4.51. The van der Waals surface area contributed by atoms with E-state index in [1.54, 1.807) is 11.9 Å². The summed E-state index contributed by atoms with van der Waals surface area (Å²) in [7, 11) is 0. The molecule has 0 atom stereocenters. The molecule has 1 aromatic carbocycles. The van der Waals surface area contributed by atoms with Gasteiger partial charge in [0.15, 0.2) is 5.16 Å². The molecule has 1 N–H and O–H groups in total. The number of fused-ring (bicyclic) bond motifs is 1. The van der Waals surface area contributed by atoms with E-state index < -0.39 is 0 Å². The van der Waals surface area contributed by atoms with E-state index in [1.807, 2.05) is 12.4 Å². The number of nitrogens with zero attached hydrogens (tertiary/aromatic N) is 3. The lowest BCUT2D eigenvalue weighted by atomic mass is 10.1. The highest BCUT2D eigenvalue weighted by Gasteiger charge is 2.33. The van der Waals surface area contributed by atoms with Crippen molar-refractivity contribution < 1.29 is 0 Å². The number of hydrogen-bond donors (Lipinski definition) is 1. The monoisotopic (exact) mass is 314 g/mol. The standard InChI is InChI=1S/C17H22N4S/c1-12(2)21-9-8-18-17(21)22-19-16-5-3-4-13-10-20(11-15(13)16)14-6-7-14/h3-5,8-9,12,14,19H,6-7,10-11H2,1-2H3. The van der Waals surface area contributed by atoms with E-state index in [4.69, 9.17) is 0 Å². The Morgan fingerprint density at radius 3 is 2.91 bits per heavy atom. The van der Waals surface area contributed by atoms with Crippen molar-refractivity contribution >= 4 is 17.6 Å². The van der Waals surface area contributed by atoms with Crippen LogP contribution in [0.1, 0.15) is 43.9 Å². The summed E-state index contributed by atoms with van der Waals surface area (Å²) in [6, 6.07) is 7.87. The van der Waals surface area contributed by atoms with Crippen LogP contribution in [0, 0.1) is 0 Å². The summed E-state index contributed by atoms with van der Waals surface area (Å²) >= 11 is 1.61. The van der Waals surface area contributed by atoms with Crippen LogP contribution in [0.5, 0.6) is 0 Å². The molecule has 2 aliphatic rings. The van der Waals surface area contributed by atoms with Crippen molar-refractivity contribution in [2.75, 3.05) is 4.72 Å². The fraction of sp³-hybridized carbons (Fsp3) is 0.471. The molecule has 0 radical (unpaired) electrons. The van der Waals surface area contributed by atoms with E-state index in [1.165, 1.54) is 29.7 Å². The maximum atomic E-state index is 4.45. The Morgan fingerprint density at radius 1 is 1.27 bits per heavy atom. The first kappa shape index (κ1) is 14.2. The van der Waals surface area contributed by atoms with E-state index in [2.05, 4.69) is 51.2 Å². The fourth-order valence-corrected chi connectivity index (χ4v) is 4.00. The Balaban J connectivity index is 1.50. The zero-order valence-corrected chi connectivity index (χ0v) is 13.9. The molecule has 1 saturated carbocycles. The highest BCUT2D eigenvalue weighted by Crippen LogP contribution is 2.38. The number of hydrogen-bond acceptors (Lipinski definition) is 4.